The van der Waals surface area contributed by atoms with Gasteiger partial charge in [-0.15, -0.1) is 53.6 Å². The van der Waals surface area contributed by atoms with Gasteiger partial charge in [0.2, 0.25) is 0 Å². The van der Waals surface area contributed by atoms with E-state index in [1.165, 1.54) is 24.3 Å². The number of fused-ring (bicyclic) bond motifs is 4. The van der Waals surface area contributed by atoms with E-state index in [-0.39, 0.29) is 31.2 Å². The maximum absolute atomic E-state index is 12.7. The Kier molecular flexibility index (Phi) is 9.57. The van der Waals surface area contributed by atoms with Crippen LogP contribution in [0, 0.1) is 31.7 Å². The Bertz CT molecular complexity index is 3450. The molecule has 0 bridgehead atoms. The molecule has 4 nitrogen and oxygen atoms in total. The number of pyridine rings is 1. The van der Waals surface area contributed by atoms with E-state index in [0.717, 1.165) is 39.2 Å². The van der Waals surface area contributed by atoms with Crippen molar-refractivity contribution in [3.63, 3.8) is 0 Å². The SMILES string of the molecule is [2H]C([2H])([2H])c1c[c-]c(-c2ccc(F)cn2)cc1.[2H]C([2H])([2H])c1cccc2nc(-c3[c-]ccc4c3oc3ccccc34)n(-c3c(C([2H])(C)C)cc(-c4ccc(-c5ccccc5)cc4)cc3C([2H])(C)C)c12.[Ir]. The second kappa shape index (κ2) is 17.9. The molecule has 309 valence electrons. The maximum Gasteiger partial charge on any atom is 0.139 e. The summed E-state index contributed by atoms with van der Waals surface area (Å²) in [5.74, 6) is -2.33. The fraction of sp³-hybridized carbons (Fsp3) is 0.143. The van der Waals surface area contributed by atoms with Crippen LogP contribution in [0.2, 0.25) is 0 Å². The minimum Gasteiger partial charge on any atom is -0.501 e. The zero-order chi connectivity index (χ0) is 49.0. The van der Waals surface area contributed by atoms with Crippen molar-refractivity contribution in [2.24, 2.45) is 0 Å². The number of benzene rings is 7. The molecule has 0 spiro atoms. The van der Waals surface area contributed by atoms with Crippen LogP contribution in [0.4, 0.5) is 4.39 Å². The number of rotatable bonds is 7. The summed E-state index contributed by atoms with van der Waals surface area (Å²) in [6.45, 7) is 2.69. The van der Waals surface area contributed by atoms with Crippen LogP contribution in [0.3, 0.4) is 0 Å². The third kappa shape index (κ3) is 8.16. The number of hydrogen-bond donors (Lipinski definition) is 0. The number of aryl methyl sites for hydroxylation is 2. The number of furan rings is 1. The Balaban J connectivity index is 0.000000309. The Hall–Kier alpha value is -6.46. The van der Waals surface area contributed by atoms with Crippen molar-refractivity contribution in [1.82, 2.24) is 14.5 Å². The van der Waals surface area contributed by atoms with Crippen LogP contribution in [-0.2, 0) is 20.1 Å². The number of hydrogen-bond acceptors (Lipinski definition) is 3. The Morgan fingerprint density at radius 1 is 0.694 bits per heavy atom. The summed E-state index contributed by atoms with van der Waals surface area (Å²) < 4.78 is 87.6. The van der Waals surface area contributed by atoms with Crippen molar-refractivity contribution in [2.75, 3.05) is 0 Å². The summed E-state index contributed by atoms with van der Waals surface area (Å²) in [4.78, 5) is 9.01. The summed E-state index contributed by atoms with van der Waals surface area (Å²) in [5, 5.41) is 1.83. The van der Waals surface area contributed by atoms with Crippen molar-refractivity contribution in [2.45, 2.75) is 53.2 Å². The molecule has 10 rings (SSSR count). The van der Waals surface area contributed by atoms with Crippen molar-refractivity contribution < 1.29 is 39.9 Å². The minimum atomic E-state index is -2.47. The van der Waals surface area contributed by atoms with Gasteiger partial charge in [0.1, 0.15) is 11.4 Å². The second-order valence-corrected chi connectivity index (χ2v) is 15.4. The van der Waals surface area contributed by atoms with E-state index >= 15 is 0 Å². The summed E-state index contributed by atoms with van der Waals surface area (Å²) >= 11 is 0. The van der Waals surface area contributed by atoms with Crippen molar-refractivity contribution in [1.29, 1.82) is 0 Å². The van der Waals surface area contributed by atoms with Gasteiger partial charge in [0, 0.05) is 42.1 Å². The average molecular weight is 996 g/mol. The van der Waals surface area contributed by atoms with Gasteiger partial charge in [-0.05, 0) is 93.6 Å². The molecule has 0 unspecified atom stereocenters. The van der Waals surface area contributed by atoms with Gasteiger partial charge >= 0.3 is 0 Å². The molecule has 0 saturated heterocycles. The van der Waals surface area contributed by atoms with E-state index < -0.39 is 31.3 Å². The maximum atomic E-state index is 12.7. The molecule has 10 aromatic rings. The van der Waals surface area contributed by atoms with Crippen LogP contribution in [0.1, 0.15) is 72.7 Å². The molecule has 3 aromatic heterocycles. The zero-order valence-corrected chi connectivity index (χ0v) is 36.9. The molecule has 0 aliphatic carbocycles. The second-order valence-electron chi connectivity index (χ2n) is 15.4. The van der Waals surface area contributed by atoms with Gasteiger partial charge in [-0.1, -0.05) is 136 Å². The third-order valence-corrected chi connectivity index (χ3v) is 10.8. The number of aromatic nitrogens is 3. The molecule has 62 heavy (non-hydrogen) atoms. The molecule has 0 N–H and O–H groups in total. The number of imidazole rings is 1. The normalized spacial score (nSPS) is 14.0. The van der Waals surface area contributed by atoms with E-state index in [1.807, 2.05) is 105 Å². The van der Waals surface area contributed by atoms with Crippen molar-refractivity contribution in [3.8, 4) is 50.6 Å². The van der Waals surface area contributed by atoms with Crippen LogP contribution in [0.5, 0.6) is 0 Å². The fourth-order valence-electron chi connectivity index (χ4n) is 7.78. The van der Waals surface area contributed by atoms with Gasteiger partial charge < -0.3 is 14.0 Å². The van der Waals surface area contributed by atoms with Crippen molar-refractivity contribution in [3.05, 3.63) is 198 Å². The summed E-state index contributed by atoms with van der Waals surface area (Å²) in [6, 6.07) is 52.8. The predicted octanol–water partition coefficient (Wildman–Crippen LogP) is 15.3. The number of halogens is 1. The van der Waals surface area contributed by atoms with Gasteiger partial charge in [0.05, 0.1) is 28.6 Å². The molecule has 6 heteroatoms. The number of para-hydroxylation sites is 2. The first-order chi connectivity index (χ1) is 32.7. The quantitative estimate of drug-likeness (QED) is 0.149. The van der Waals surface area contributed by atoms with Gasteiger partial charge in [0.15, 0.2) is 0 Å². The van der Waals surface area contributed by atoms with Crippen LogP contribution < -0.4 is 0 Å². The summed E-state index contributed by atoms with van der Waals surface area (Å²) in [5.41, 5.74) is 10.1. The van der Waals surface area contributed by atoms with E-state index in [2.05, 4.69) is 53.5 Å². The van der Waals surface area contributed by atoms with E-state index in [4.69, 9.17) is 17.6 Å². The average Bonchev–Trinajstić information content (AvgIpc) is 3.90. The Labute approximate surface area is 387 Å². The van der Waals surface area contributed by atoms with Gasteiger partial charge in [0.25, 0.3) is 0 Å². The minimum absolute atomic E-state index is 0. The molecule has 7 aromatic carbocycles. The zero-order valence-electron chi connectivity index (χ0n) is 42.5. The Morgan fingerprint density at radius 2 is 1.40 bits per heavy atom. The largest absolute Gasteiger partial charge is 0.501 e. The monoisotopic (exact) mass is 996 g/mol. The molecule has 0 fully saturated rings. The van der Waals surface area contributed by atoms with Gasteiger partial charge in [-0.25, -0.2) is 4.39 Å². The van der Waals surface area contributed by atoms with E-state index in [0.29, 0.717) is 61.7 Å². The third-order valence-electron chi connectivity index (χ3n) is 10.8. The molecule has 0 atom stereocenters. The topological polar surface area (TPSA) is 43.9 Å². The standard InChI is InChI=1S/C44H37N2O.C12H9FN.Ir/c1-27(2)37-25-33(32-23-21-31(22-24-32)30-14-7-6-8-15-30)26-38(28(3)4)42(37)46-41-29(5)13-11-19-39(41)45-44(46)36-18-12-17-35-34-16-9-10-20-40(34)47-43(35)36;1-9-2-4-10(5-3-9)12-7-6-11(13)8-14-12;/h6-17,19-28H,1-5H3;2-4,6-8H,1H3;/q2*-1;/i5D3,27D,28D;1D3;. The van der Waals surface area contributed by atoms with Crippen molar-refractivity contribution >= 4 is 33.0 Å². The molecule has 0 saturated carbocycles. The molecule has 0 aliphatic heterocycles. The smallest absolute Gasteiger partial charge is 0.139 e. The molecule has 1 radical (unpaired) electrons. The van der Waals surface area contributed by atoms with Crippen LogP contribution in [0.15, 0.2) is 162 Å². The first-order valence-corrected chi connectivity index (χ1v) is 20.0. The Morgan fingerprint density at radius 3 is 2.06 bits per heavy atom. The summed E-state index contributed by atoms with van der Waals surface area (Å²) in [6.07, 6.45) is 1.11. The molecule has 0 amide bonds. The van der Waals surface area contributed by atoms with Gasteiger partial charge in [-0.3, -0.25) is 4.98 Å². The molecular formula is C56H46FIrN3O-2. The van der Waals surface area contributed by atoms with Crippen LogP contribution in [-0.4, -0.2) is 14.5 Å². The summed E-state index contributed by atoms with van der Waals surface area (Å²) in [7, 11) is 0. The van der Waals surface area contributed by atoms with E-state index in [1.54, 1.807) is 18.2 Å². The first-order valence-electron chi connectivity index (χ1n) is 24.0. The fourth-order valence-corrected chi connectivity index (χ4v) is 7.78. The van der Waals surface area contributed by atoms with Crippen LogP contribution in [0.25, 0.3) is 83.6 Å². The van der Waals surface area contributed by atoms with Crippen LogP contribution >= 0.6 is 0 Å². The molecular weight excluding hydrogens is 942 g/mol. The van der Waals surface area contributed by atoms with Gasteiger partial charge in [-0.2, -0.15) is 0 Å². The first kappa shape index (κ1) is 33.2. The van der Waals surface area contributed by atoms with E-state index in [9.17, 15) is 7.13 Å². The molecule has 3 heterocycles. The number of nitrogens with zero attached hydrogens (tertiary/aromatic N) is 3. The molecule has 0 aliphatic rings. The predicted molar refractivity (Wildman–Crippen MR) is 250 cm³/mol.